The fourth-order valence-electron chi connectivity index (χ4n) is 2.69. The predicted octanol–water partition coefficient (Wildman–Crippen LogP) is 3.43. The zero-order valence-electron chi connectivity index (χ0n) is 13.0. The minimum Gasteiger partial charge on any atom is -0.346 e. The summed E-state index contributed by atoms with van der Waals surface area (Å²) in [7, 11) is 0. The number of hydrogen-bond donors (Lipinski definition) is 1. The van der Waals surface area contributed by atoms with Gasteiger partial charge in [0.25, 0.3) is 0 Å². The lowest BCUT2D eigenvalue weighted by atomic mass is 10.1. The topological polar surface area (TPSA) is 54.5 Å². The molecule has 0 aliphatic heterocycles. The Kier molecular flexibility index (Phi) is 3.45. The molecule has 21 heavy (non-hydrogen) atoms. The first-order valence-corrected chi connectivity index (χ1v) is 7.34. The number of aromatic nitrogens is 4. The molecule has 0 saturated heterocycles. The highest BCUT2D eigenvalue weighted by Gasteiger charge is 2.11. The summed E-state index contributed by atoms with van der Waals surface area (Å²) >= 11 is 0. The smallest absolute Gasteiger partial charge is 0.137 e. The fraction of sp³-hybridized carbons (Fsp3) is 0.353. The van der Waals surface area contributed by atoms with Gasteiger partial charge in [-0.3, -0.25) is 9.97 Å². The minimum absolute atomic E-state index is 0.787. The molecule has 0 fully saturated rings. The lowest BCUT2D eigenvalue weighted by Crippen LogP contribution is -2.05. The largest absolute Gasteiger partial charge is 0.346 e. The van der Waals surface area contributed by atoms with Crippen molar-refractivity contribution in [3.63, 3.8) is 0 Å². The number of aryl methyl sites for hydroxylation is 4. The molecule has 0 saturated carbocycles. The Morgan fingerprint density at radius 1 is 1.05 bits per heavy atom. The summed E-state index contributed by atoms with van der Waals surface area (Å²) < 4.78 is 0. The number of rotatable bonds is 3. The van der Waals surface area contributed by atoms with Crippen LogP contribution >= 0.6 is 0 Å². The number of H-pyrrole nitrogens is 1. The second-order valence-corrected chi connectivity index (χ2v) is 5.54. The van der Waals surface area contributed by atoms with E-state index in [-0.39, 0.29) is 0 Å². The van der Waals surface area contributed by atoms with Gasteiger partial charge in [-0.1, -0.05) is 6.92 Å². The molecule has 0 atom stereocenters. The summed E-state index contributed by atoms with van der Waals surface area (Å²) in [6.45, 7) is 8.26. The van der Waals surface area contributed by atoms with Crippen LogP contribution < -0.4 is 0 Å². The van der Waals surface area contributed by atoms with Gasteiger partial charge in [-0.05, 0) is 44.4 Å². The van der Waals surface area contributed by atoms with Crippen molar-refractivity contribution in [3.05, 3.63) is 52.4 Å². The first kappa shape index (κ1) is 13.7. The highest BCUT2D eigenvalue weighted by molar-refractivity contribution is 5.80. The molecule has 0 amide bonds. The van der Waals surface area contributed by atoms with Gasteiger partial charge < -0.3 is 4.98 Å². The van der Waals surface area contributed by atoms with Crippen LogP contribution in [-0.4, -0.2) is 19.9 Å². The molecule has 0 aromatic carbocycles. The van der Waals surface area contributed by atoms with Gasteiger partial charge in [0.2, 0.25) is 0 Å². The van der Waals surface area contributed by atoms with Crippen molar-refractivity contribution in [3.8, 4) is 0 Å². The molecule has 0 bridgehead atoms. The molecular formula is C17H20N4. The Labute approximate surface area is 124 Å². The molecular weight excluding hydrogens is 260 g/mol. The van der Waals surface area contributed by atoms with Crippen molar-refractivity contribution >= 4 is 11.0 Å². The Bertz CT molecular complexity index is 802. The van der Waals surface area contributed by atoms with Crippen LogP contribution in [0.25, 0.3) is 11.0 Å². The summed E-state index contributed by atoms with van der Waals surface area (Å²) in [4.78, 5) is 17.1. The molecule has 1 N–H and O–H groups in total. The van der Waals surface area contributed by atoms with Gasteiger partial charge in [0.15, 0.2) is 0 Å². The summed E-state index contributed by atoms with van der Waals surface area (Å²) in [6, 6.07) is 2.17. The van der Waals surface area contributed by atoms with Gasteiger partial charge in [0.1, 0.15) is 5.65 Å². The normalized spacial score (nSPS) is 11.2. The van der Waals surface area contributed by atoms with Crippen LogP contribution in [0.4, 0.5) is 0 Å². The molecule has 3 rings (SSSR count). The van der Waals surface area contributed by atoms with E-state index >= 15 is 0 Å². The lowest BCUT2D eigenvalue weighted by molar-refractivity contribution is 0.882. The third kappa shape index (κ3) is 2.53. The fourth-order valence-corrected chi connectivity index (χ4v) is 2.69. The van der Waals surface area contributed by atoms with Crippen LogP contribution in [0.3, 0.4) is 0 Å². The number of hydrogen-bond acceptors (Lipinski definition) is 3. The maximum Gasteiger partial charge on any atom is 0.137 e. The molecule has 4 heteroatoms. The number of aromatic amines is 1. The summed E-state index contributed by atoms with van der Waals surface area (Å²) in [5, 5.41) is 1.17. The van der Waals surface area contributed by atoms with E-state index in [1.54, 1.807) is 0 Å². The van der Waals surface area contributed by atoms with Crippen molar-refractivity contribution < 1.29 is 0 Å². The van der Waals surface area contributed by atoms with E-state index in [2.05, 4.69) is 34.9 Å². The molecule has 3 aromatic heterocycles. The quantitative estimate of drug-likeness (QED) is 0.799. The number of nitrogens with one attached hydrogen (secondary N) is 1. The third-order valence-electron chi connectivity index (χ3n) is 3.89. The maximum atomic E-state index is 4.75. The Morgan fingerprint density at radius 3 is 2.52 bits per heavy atom. The van der Waals surface area contributed by atoms with Gasteiger partial charge in [0.05, 0.1) is 22.8 Å². The zero-order chi connectivity index (χ0) is 15.0. The Balaban J connectivity index is 2.02. The molecule has 0 aliphatic carbocycles. The van der Waals surface area contributed by atoms with Crippen LogP contribution in [0.5, 0.6) is 0 Å². The molecule has 4 nitrogen and oxygen atoms in total. The molecule has 0 radical (unpaired) electrons. The standard InChI is InChI=1S/C17H20N4/c1-5-15-11(3)21-16(12(4)20-15)7-13-9-19-17-14(13)6-10(2)8-18-17/h6,8-9H,5,7H2,1-4H3,(H,18,19). The average Bonchev–Trinajstić information content (AvgIpc) is 2.85. The molecule has 0 aliphatic rings. The summed E-state index contributed by atoms with van der Waals surface area (Å²) in [5.74, 6) is 0. The van der Waals surface area contributed by atoms with E-state index in [0.29, 0.717) is 0 Å². The summed E-state index contributed by atoms with van der Waals surface area (Å²) in [5.41, 5.74) is 7.52. The predicted molar refractivity (Wildman–Crippen MR) is 84.5 cm³/mol. The number of pyridine rings is 1. The van der Waals surface area contributed by atoms with Crippen LogP contribution in [0.2, 0.25) is 0 Å². The SMILES string of the molecule is CCc1nc(C)c(Cc2c[nH]c3ncc(C)cc23)nc1C. The minimum atomic E-state index is 0.787. The maximum absolute atomic E-state index is 4.75. The van der Waals surface area contributed by atoms with Crippen LogP contribution in [0.15, 0.2) is 18.5 Å². The Hall–Kier alpha value is -2.23. The molecule has 3 aromatic rings. The van der Waals surface area contributed by atoms with E-state index in [1.165, 1.54) is 16.5 Å². The van der Waals surface area contributed by atoms with Crippen LogP contribution in [0.1, 0.15) is 40.8 Å². The van der Waals surface area contributed by atoms with E-state index in [0.717, 1.165) is 41.3 Å². The van der Waals surface area contributed by atoms with Crippen molar-refractivity contribution in [2.24, 2.45) is 0 Å². The van der Waals surface area contributed by atoms with Gasteiger partial charge in [0, 0.05) is 24.2 Å². The second kappa shape index (κ2) is 5.28. The first-order chi connectivity index (χ1) is 10.1. The van der Waals surface area contributed by atoms with Crippen LogP contribution in [0, 0.1) is 20.8 Å². The second-order valence-electron chi connectivity index (χ2n) is 5.54. The van der Waals surface area contributed by atoms with Gasteiger partial charge in [-0.25, -0.2) is 4.98 Å². The molecule has 3 heterocycles. The molecule has 0 spiro atoms. The first-order valence-electron chi connectivity index (χ1n) is 7.34. The third-order valence-corrected chi connectivity index (χ3v) is 3.89. The molecule has 108 valence electrons. The average molecular weight is 280 g/mol. The highest BCUT2D eigenvalue weighted by atomic mass is 14.9. The lowest BCUT2D eigenvalue weighted by Gasteiger charge is -2.09. The molecule has 0 unspecified atom stereocenters. The van der Waals surface area contributed by atoms with E-state index < -0.39 is 0 Å². The zero-order valence-corrected chi connectivity index (χ0v) is 13.0. The van der Waals surface area contributed by atoms with Gasteiger partial charge in [-0.2, -0.15) is 0 Å². The number of nitrogens with zero attached hydrogens (tertiary/aromatic N) is 3. The van der Waals surface area contributed by atoms with Crippen molar-refractivity contribution in [1.82, 2.24) is 19.9 Å². The highest BCUT2D eigenvalue weighted by Crippen LogP contribution is 2.21. The van der Waals surface area contributed by atoms with Crippen molar-refractivity contribution in [2.45, 2.75) is 40.5 Å². The van der Waals surface area contributed by atoms with Crippen LogP contribution in [-0.2, 0) is 12.8 Å². The van der Waals surface area contributed by atoms with Gasteiger partial charge >= 0.3 is 0 Å². The van der Waals surface area contributed by atoms with E-state index in [9.17, 15) is 0 Å². The van der Waals surface area contributed by atoms with Gasteiger partial charge in [-0.15, -0.1) is 0 Å². The monoisotopic (exact) mass is 280 g/mol. The van der Waals surface area contributed by atoms with E-state index in [1.807, 2.05) is 26.2 Å². The summed E-state index contributed by atoms with van der Waals surface area (Å²) in [6.07, 6.45) is 5.63. The van der Waals surface area contributed by atoms with Crippen molar-refractivity contribution in [2.75, 3.05) is 0 Å². The Morgan fingerprint density at radius 2 is 1.76 bits per heavy atom. The number of fused-ring (bicyclic) bond motifs is 1. The van der Waals surface area contributed by atoms with E-state index in [4.69, 9.17) is 4.98 Å². The van der Waals surface area contributed by atoms with Crippen molar-refractivity contribution in [1.29, 1.82) is 0 Å².